The van der Waals surface area contributed by atoms with Crippen LogP contribution in [-0.4, -0.2) is 35.2 Å². The van der Waals surface area contributed by atoms with Gasteiger partial charge in [-0.15, -0.1) is 0 Å². The standard InChI is InChI=1S/2C3H7NO2.2ClH.Pt/c2*4-2-1-3(5)6;;;/h2*1-2,4H2,(H,5,6);2*1H;/q;;;;+2/p-2. The normalized spacial score (nSPS) is 8.00. The third-order valence-corrected chi connectivity index (χ3v) is 0.716. The van der Waals surface area contributed by atoms with E-state index >= 15 is 0 Å². The Morgan fingerprint density at radius 1 is 1.00 bits per heavy atom. The Kier molecular flexibility index (Phi) is 26.9. The molecule has 0 unspecified atom stereocenters. The van der Waals surface area contributed by atoms with Crippen LogP contribution in [0.1, 0.15) is 12.8 Å². The summed E-state index contributed by atoms with van der Waals surface area (Å²) < 4.78 is 0. The predicted octanol–water partition coefficient (Wildman–Crippen LogP) is 0.216. The van der Waals surface area contributed by atoms with Crippen LogP contribution in [0.4, 0.5) is 0 Å². The minimum atomic E-state index is -0.836. The topological polar surface area (TPSA) is 127 Å². The van der Waals surface area contributed by atoms with Gasteiger partial charge in [0.05, 0.1) is 12.8 Å². The molecule has 0 fully saturated rings. The summed E-state index contributed by atoms with van der Waals surface area (Å²) in [5, 5.41) is 15.7. The fourth-order valence-corrected chi connectivity index (χ4v) is 0.247. The fourth-order valence-electron chi connectivity index (χ4n) is 0.247. The number of halogens is 2. The zero-order chi connectivity index (χ0) is 12.7. The van der Waals surface area contributed by atoms with Gasteiger partial charge in [0.1, 0.15) is 0 Å². The van der Waals surface area contributed by atoms with Gasteiger partial charge in [0.15, 0.2) is 0 Å². The maximum absolute atomic E-state index is 9.52. The van der Waals surface area contributed by atoms with E-state index in [2.05, 4.69) is 0 Å². The Balaban J connectivity index is -0.000000153. The van der Waals surface area contributed by atoms with E-state index in [4.69, 9.17) is 40.5 Å². The molecule has 15 heavy (non-hydrogen) atoms. The van der Waals surface area contributed by atoms with Gasteiger partial charge in [0.25, 0.3) is 0 Å². The van der Waals surface area contributed by atoms with Crippen LogP contribution in [0.15, 0.2) is 0 Å². The van der Waals surface area contributed by atoms with E-state index in [1.807, 2.05) is 0 Å². The van der Waals surface area contributed by atoms with E-state index in [0.29, 0.717) is 0 Å². The molecule has 0 saturated heterocycles. The Hall–Kier alpha value is 0.128. The van der Waals surface area contributed by atoms with Crippen molar-refractivity contribution in [3.8, 4) is 0 Å². The van der Waals surface area contributed by atoms with Crippen LogP contribution in [0.2, 0.25) is 0 Å². The molecule has 96 valence electrons. The summed E-state index contributed by atoms with van der Waals surface area (Å²) >= 11 is -0.472. The van der Waals surface area contributed by atoms with Crippen LogP contribution in [0.25, 0.3) is 0 Å². The molecule has 0 saturated carbocycles. The molecule has 0 aliphatic rings. The second-order valence-electron chi connectivity index (χ2n) is 1.91. The van der Waals surface area contributed by atoms with Crippen LogP contribution in [0.3, 0.4) is 0 Å². The number of hydrogen-bond acceptors (Lipinski definition) is 4. The molecule has 0 amide bonds. The average Bonchev–Trinajstić information content (AvgIpc) is 2.05. The zero-order valence-electron chi connectivity index (χ0n) is 7.77. The summed E-state index contributed by atoms with van der Waals surface area (Å²) in [6.45, 7) is 0.463. The quantitative estimate of drug-likeness (QED) is 0.492. The summed E-state index contributed by atoms with van der Waals surface area (Å²) in [6.07, 6.45) is 0.139. The predicted molar refractivity (Wildman–Crippen MR) is 54.3 cm³/mol. The van der Waals surface area contributed by atoms with Crippen LogP contribution in [0, 0.1) is 0 Å². The molecule has 0 aromatic heterocycles. The van der Waals surface area contributed by atoms with Crippen molar-refractivity contribution in [3.05, 3.63) is 0 Å². The first-order valence-electron chi connectivity index (χ1n) is 3.62. The number of hydrogen-bond donors (Lipinski definition) is 4. The van der Waals surface area contributed by atoms with E-state index in [-0.39, 0.29) is 25.9 Å². The molecule has 0 radical (unpaired) electrons. The van der Waals surface area contributed by atoms with E-state index in [1.54, 1.807) is 0 Å². The molecule has 6 nitrogen and oxygen atoms in total. The number of aliphatic carboxylic acids is 2. The number of carbonyl (C=O) groups is 2. The fraction of sp³-hybridized carbons (Fsp3) is 0.667. The molecule has 0 aliphatic carbocycles. The van der Waals surface area contributed by atoms with Crippen molar-refractivity contribution in [1.29, 1.82) is 0 Å². The van der Waals surface area contributed by atoms with Crippen molar-refractivity contribution in [1.82, 2.24) is 0 Å². The van der Waals surface area contributed by atoms with Crippen LogP contribution < -0.4 is 11.5 Å². The van der Waals surface area contributed by atoms with Crippen molar-refractivity contribution in [2.24, 2.45) is 11.5 Å². The Bertz CT molecular complexity index is 146. The van der Waals surface area contributed by atoms with Crippen molar-refractivity contribution < 1.29 is 36.3 Å². The van der Waals surface area contributed by atoms with E-state index < -0.39 is 28.4 Å². The van der Waals surface area contributed by atoms with E-state index in [0.717, 1.165) is 0 Å². The molecule has 9 heteroatoms. The van der Waals surface area contributed by atoms with Gasteiger partial charge in [0, 0.05) is 13.1 Å². The summed E-state index contributed by atoms with van der Waals surface area (Å²) in [4.78, 5) is 19.0. The minimum absolute atomic E-state index is 0.0694. The number of carboxylic acid groups (broad SMARTS) is 2. The van der Waals surface area contributed by atoms with Gasteiger partial charge in [-0.25, -0.2) is 0 Å². The van der Waals surface area contributed by atoms with Gasteiger partial charge < -0.3 is 21.7 Å². The zero-order valence-corrected chi connectivity index (χ0v) is 11.6. The molecular weight excluding hydrogens is 430 g/mol. The molecule has 6 N–H and O–H groups in total. The number of rotatable bonds is 4. The summed E-state index contributed by atoms with van der Waals surface area (Å²) in [5.74, 6) is -1.67. The Labute approximate surface area is 104 Å². The molecule has 0 aromatic rings. The molecule has 0 bridgehead atoms. The van der Waals surface area contributed by atoms with Crippen molar-refractivity contribution in [2.75, 3.05) is 13.1 Å². The first-order valence-corrected chi connectivity index (χ1v) is 9.25. The van der Waals surface area contributed by atoms with Gasteiger partial charge in [-0.2, -0.15) is 0 Å². The van der Waals surface area contributed by atoms with E-state index in [9.17, 15) is 9.59 Å². The molecule has 0 spiro atoms. The second kappa shape index (κ2) is 19.7. The van der Waals surface area contributed by atoms with Crippen molar-refractivity contribution >= 4 is 30.8 Å². The maximum atomic E-state index is 9.52. The summed E-state index contributed by atoms with van der Waals surface area (Å²) in [5.41, 5.74) is 9.70. The molecule has 0 rings (SSSR count). The summed E-state index contributed by atoms with van der Waals surface area (Å²) in [6, 6.07) is 0. The number of carboxylic acids is 2. The average molecular weight is 444 g/mol. The SMILES string of the molecule is NCCC(=O)O.NCCC(=O)O.[Cl][Pt][Cl]. The van der Waals surface area contributed by atoms with Crippen LogP contribution in [-0.2, 0) is 26.1 Å². The third-order valence-electron chi connectivity index (χ3n) is 0.716. The molecule has 0 aromatic carbocycles. The Morgan fingerprint density at radius 2 is 1.20 bits per heavy atom. The molecule has 0 heterocycles. The first kappa shape index (κ1) is 20.5. The summed E-state index contributed by atoms with van der Waals surface area (Å²) in [7, 11) is 9.75. The second-order valence-corrected chi connectivity index (χ2v) is 5.19. The van der Waals surface area contributed by atoms with Gasteiger partial charge in [-0.3, -0.25) is 9.59 Å². The van der Waals surface area contributed by atoms with Gasteiger partial charge in [-0.05, 0) is 0 Å². The molecule has 0 atom stereocenters. The molecule has 0 aliphatic heterocycles. The van der Waals surface area contributed by atoms with Crippen molar-refractivity contribution in [2.45, 2.75) is 12.8 Å². The van der Waals surface area contributed by atoms with Crippen molar-refractivity contribution in [3.63, 3.8) is 0 Å². The number of nitrogens with two attached hydrogens (primary N) is 2. The first-order chi connectivity index (χ1) is 6.95. The Morgan fingerprint density at radius 3 is 1.20 bits per heavy atom. The monoisotopic (exact) mass is 443 g/mol. The van der Waals surface area contributed by atoms with Crippen LogP contribution in [0.5, 0.6) is 0 Å². The van der Waals surface area contributed by atoms with Gasteiger partial charge in [-0.1, -0.05) is 0 Å². The third kappa shape index (κ3) is 55.3. The molecular formula is C6H14Cl2N2O4Pt. The van der Waals surface area contributed by atoms with Crippen LogP contribution >= 0.6 is 18.8 Å². The van der Waals surface area contributed by atoms with Gasteiger partial charge >= 0.3 is 47.3 Å². The van der Waals surface area contributed by atoms with E-state index in [1.165, 1.54) is 0 Å². The van der Waals surface area contributed by atoms with Gasteiger partial charge in [0.2, 0.25) is 0 Å².